The molecule has 1 aliphatic heterocycles. The van der Waals surface area contributed by atoms with Crippen molar-refractivity contribution in [3.63, 3.8) is 0 Å². The molecule has 0 spiro atoms. The van der Waals surface area contributed by atoms with Gasteiger partial charge in [0, 0.05) is 12.7 Å². The topological polar surface area (TPSA) is 67.9 Å². The minimum atomic E-state index is -0.932. The summed E-state index contributed by atoms with van der Waals surface area (Å²) >= 11 is 1.23. The predicted molar refractivity (Wildman–Crippen MR) is 110 cm³/mol. The fraction of sp³-hybridized carbons (Fsp3) is 0.333. The van der Waals surface area contributed by atoms with E-state index in [0.717, 1.165) is 23.8 Å². The third-order valence-electron chi connectivity index (χ3n) is 4.81. The molecule has 2 atom stereocenters. The Balaban J connectivity index is 2.15. The van der Waals surface area contributed by atoms with Crippen LogP contribution in [0.15, 0.2) is 53.6 Å². The highest BCUT2D eigenvalue weighted by molar-refractivity contribution is 8.15. The molecule has 3 rings (SSSR count). The van der Waals surface area contributed by atoms with Crippen molar-refractivity contribution in [3.05, 3.63) is 71.3 Å². The van der Waals surface area contributed by atoms with E-state index in [0.29, 0.717) is 19.4 Å². The molecule has 0 saturated heterocycles. The first kappa shape index (κ1) is 21.4. The molecule has 2 aromatic carbocycles. The number of benzene rings is 2. The molecule has 0 unspecified atom stereocenters. The summed E-state index contributed by atoms with van der Waals surface area (Å²) in [5, 5.41) is 6.03. The number of carbonyl (C=O) groups excluding carboxylic acids is 1. The number of rotatable bonds is 7. The average Bonchev–Trinajstić information content (AvgIpc) is 3.14. The molecule has 0 aromatic heterocycles. The first-order valence-electron chi connectivity index (χ1n) is 9.28. The fourth-order valence-corrected chi connectivity index (χ4v) is 4.61. The van der Waals surface area contributed by atoms with Gasteiger partial charge in [-0.2, -0.15) is 5.10 Å². The standard InChI is InChI=1S/C21H23F2N3O2S/c1-14(28-2)20(27)26-21(11-6-12-24,15-7-4-3-5-8-15)29-19(25-26)17-13-16(22)9-10-18(17)23/h3-5,7-10,13-14H,6,11-12,24H2,1-2H3/t14-,21+/m1/s1. The highest BCUT2D eigenvalue weighted by Gasteiger charge is 2.49. The Hall–Kier alpha value is -2.29. The molecular formula is C21H23F2N3O2S. The van der Waals surface area contributed by atoms with Gasteiger partial charge >= 0.3 is 0 Å². The number of hydrogen-bond acceptors (Lipinski definition) is 5. The molecule has 0 saturated carbocycles. The lowest BCUT2D eigenvalue weighted by atomic mass is 10.00. The molecule has 1 aliphatic rings. The number of thioether (sulfide) groups is 1. The van der Waals surface area contributed by atoms with E-state index in [1.54, 1.807) is 6.92 Å². The van der Waals surface area contributed by atoms with Crippen LogP contribution in [-0.2, 0) is 14.4 Å². The van der Waals surface area contributed by atoms with Crippen molar-refractivity contribution in [1.82, 2.24) is 5.01 Å². The maximum Gasteiger partial charge on any atom is 0.273 e. The zero-order valence-electron chi connectivity index (χ0n) is 16.3. The van der Waals surface area contributed by atoms with Gasteiger partial charge in [0.25, 0.3) is 5.91 Å². The number of hydrazone groups is 1. The number of nitrogens with two attached hydrogens (primary N) is 1. The first-order valence-corrected chi connectivity index (χ1v) is 10.1. The van der Waals surface area contributed by atoms with Crippen LogP contribution >= 0.6 is 11.8 Å². The van der Waals surface area contributed by atoms with Crippen molar-refractivity contribution < 1.29 is 18.3 Å². The van der Waals surface area contributed by atoms with Crippen LogP contribution in [0.5, 0.6) is 0 Å². The molecule has 5 nitrogen and oxygen atoms in total. The smallest absolute Gasteiger partial charge is 0.273 e. The summed E-state index contributed by atoms with van der Waals surface area (Å²) in [6.45, 7) is 2.04. The van der Waals surface area contributed by atoms with Gasteiger partial charge in [-0.3, -0.25) is 4.79 Å². The summed E-state index contributed by atoms with van der Waals surface area (Å²) in [7, 11) is 1.44. The molecule has 0 aliphatic carbocycles. The number of nitrogens with zero attached hydrogens (tertiary/aromatic N) is 2. The van der Waals surface area contributed by atoms with Gasteiger partial charge in [0.1, 0.15) is 27.7 Å². The largest absolute Gasteiger partial charge is 0.372 e. The SMILES string of the molecule is CO[C@H](C)C(=O)N1N=C(c2cc(F)ccc2F)S[C@@]1(CCCN)c1ccccc1. The maximum absolute atomic E-state index is 14.5. The van der Waals surface area contributed by atoms with Crippen LogP contribution in [0.2, 0.25) is 0 Å². The Kier molecular flexibility index (Phi) is 6.66. The zero-order valence-corrected chi connectivity index (χ0v) is 17.1. The van der Waals surface area contributed by atoms with Crippen LogP contribution in [0.1, 0.15) is 30.9 Å². The van der Waals surface area contributed by atoms with Crippen LogP contribution in [0.25, 0.3) is 0 Å². The number of amides is 1. The Morgan fingerprint density at radius 1 is 1.28 bits per heavy atom. The van der Waals surface area contributed by atoms with Gasteiger partial charge in [0.2, 0.25) is 0 Å². The number of carbonyl (C=O) groups is 1. The molecule has 2 N–H and O–H groups in total. The third-order valence-corrected chi connectivity index (χ3v) is 6.26. The van der Waals surface area contributed by atoms with Crippen molar-refractivity contribution in [3.8, 4) is 0 Å². The molecule has 2 aromatic rings. The van der Waals surface area contributed by atoms with Gasteiger partial charge in [-0.05, 0) is 50.1 Å². The lowest BCUT2D eigenvalue weighted by Gasteiger charge is -2.36. The van der Waals surface area contributed by atoms with Crippen LogP contribution in [-0.4, -0.2) is 35.7 Å². The monoisotopic (exact) mass is 419 g/mol. The fourth-order valence-electron chi connectivity index (χ4n) is 3.19. The van der Waals surface area contributed by atoms with E-state index >= 15 is 0 Å². The minimum Gasteiger partial charge on any atom is -0.372 e. The Bertz CT molecular complexity index is 910. The van der Waals surface area contributed by atoms with Gasteiger partial charge < -0.3 is 10.5 Å². The zero-order chi connectivity index (χ0) is 21.0. The predicted octanol–water partition coefficient (Wildman–Crippen LogP) is 3.83. The summed E-state index contributed by atoms with van der Waals surface area (Å²) < 4.78 is 33.5. The summed E-state index contributed by atoms with van der Waals surface area (Å²) in [5.74, 6) is -1.55. The van der Waals surface area contributed by atoms with Crippen molar-refractivity contribution >= 4 is 22.7 Å². The lowest BCUT2D eigenvalue weighted by molar-refractivity contribution is -0.144. The van der Waals surface area contributed by atoms with Gasteiger partial charge in [-0.1, -0.05) is 42.1 Å². The van der Waals surface area contributed by atoms with Crippen molar-refractivity contribution in [2.75, 3.05) is 13.7 Å². The van der Waals surface area contributed by atoms with Gasteiger partial charge in [-0.25, -0.2) is 13.8 Å². The maximum atomic E-state index is 14.5. The number of hydrogen-bond donors (Lipinski definition) is 1. The Morgan fingerprint density at radius 3 is 2.66 bits per heavy atom. The van der Waals surface area contributed by atoms with E-state index in [1.807, 2.05) is 30.3 Å². The Morgan fingerprint density at radius 2 is 2.00 bits per heavy atom. The van der Waals surface area contributed by atoms with E-state index in [-0.39, 0.29) is 16.5 Å². The quantitative estimate of drug-likeness (QED) is 0.741. The van der Waals surface area contributed by atoms with E-state index in [1.165, 1.54) is 23.9 Å². The number of halogens is 2. The molecule has 8 heteroatoms. The van der Waals surface area contributed by atoms with E-state index in [9.17, 15) is 13.6 Å². The van der Waals surface area contributed by atoms with Gasteiger partial charge in [0.05, 0.1) is 0 Å². The molecule has 1 amide bonds. The normalized spacial score (nSPS) is 19.9. The molecule has 0 fully saturated rings. The third kappa shape index (κ3) is 4.19. The summed E-state index contributed by atoms with van der Waals surface area (Å²) in [4.78, 5) is 12.2. The van der Waals surface area contributed by atoms with Crippen LogP contribution in [0, 0.1) is 11.6 Å². The highest BCUT2D eigenvalue weighted by Crippen LogP contribution is 2.50. The minimum absolute atomic E-state index is 0.0171. The van der Waals surface area contributed by atoms with Gasteiger partial charge in [0.15, 0.2) is 0 Å². The van der Waals surface area contributed by atoms with E-state index < -0.39 is 22.6 Å². The van der Waals surface area contributed by atoms with Crippen molar-refractivity contribution in [1.29, 1.82) is 0 Å². The van der Waals surface area contributed by atoms with Crippen molar-refractivity contribution in [2.24, 2.45) is 10.8 Å². The highest BCUT2D eigenvalue weighted by atomic mass is 32.2. The first-order chi connectivity index (χ1) is 13.9. The second-order valence-corrected chi connectivity index (χ2v) is 7.97. The second kappa shape index (κ2) is 9.02. The molecule has 0 radical (unpaired) electrons. The molecule has 29 heavy (non-hydrogen) atoms. The van der Waals surface area contributed by atoms with Gasteiger partial charge in [-0.15, -0.1) is 0 Å². The van der Waals surface area contributed by atoms with Crippen LogP contribution in [0.3, 0.4) is 0 Å². The lowest BCUT2D eigenvalue weighted by Crippen LogP contribution is -2.46. The van der Waals surface area contributed by atoms with Crippen LogP contribution in [0.4, 0.5) is 8.78 Å². The molecular weight excluding hydrogens is 396 g/mol. The summed E-state index contributed by atoms with van der Waals surface area (Å²) in [6.07, 6.45) is 0.350. The number of ether oxygens (including phenoxy) is 1. The van der Waals surface area contributed by atoms with E-state index in [2.05, 4.69) is 5.10 Å². The molecule has 1 heterocycles. The second-order valence-electron chi connectivity index (χ2n) is 6.70. The molecule has 154 valence electrons. The Labute approximate surface area is 172 Å². The van der Waals surface area contributed by atoms with E-state index in [4.69, 9.17) is 10.5 Å². The van der Waals surface area contributed by atoms with Crippen LogP contribution < -0.4 is 5.73 Å². The molecule has 0 bridgehead atoms. The number of methoxy groups -OCH3 is 1. The summed E-state index contributed by atoms with van der Waals surface area (Å²) in [6, 6.07) is 12.6. The van der Waals surface area contributed by atoms with Crippen molar-refractivity contribution in [2.45, 2.75) is 30.7 Å². The average molecular weight is 419 g/mol. The summed E-state index contributed by atoms with van der Waals surface area (Å²) in [5.41, 5.74) is 6.60.